The first-order chi connectivity index (χ1) is 16.5. The lowest BCUT2D eigenvalue weighted by atomic mass is 10.1. The van der Waals surface area contributed by atoms with Crippen LogP contribution in [0, 0.1) is 10.1 Å². The van der Waals surface area contributed by atoms with Gasteiger partial charge in [-0.05, 0) is 54.1 Å². The first-order valence-corrected chi connectivity index (χ1v) is 11.0. The number of para-hydroxylation sites is 1. The van der Waals surface area contributed by atoms with Crippen molar-refractivity contribution in [2.75, 3.05) is 21.3 Å². The molecule has 0 aliphatic rings. The molecule has 0 fully saturated rings. The maximum Gasteiger partial charge on any atom is 0.269 e. The number of benzene rings is 3. The van der Waals surface area contributed by atoms with Gasteiger partial charge in [-0.25, -0.2) is 9.98 Å². The van der Waals surface area contributed by atoms with Gasteiger partial charge in [0, 0.05) is 29.5 Å². The average molecular weight is 476 g/mol. The molecule has 1 heterocycles. The Kier molecular flexibility index (Phi) is 6.84. The highest BCUT2D eigenvalue weighted by molar-refractivity contribution is 7.19. The van der Waals surface area contributed by atoms with Crippen LogP contribution in [-0.2, 0) is 0 Å². The molecule has 0 radical (unpaired) electrons. The van der Waals surface area contributed by atoms with Crippen LogP contribution < -0.4 is 14.2 Å². The highest BCUT2D eigenvalue weighted by Crippen LogP contribution is 2.41. The molecule has 34 heavy (non-hydrogen) atoms. The highest BCUT2D eigenvalue weighted by Gasteiger charge is 2.16. The number of aliphatic imine (C=N–C) groups is 1. The third-order valence-corrected chi connectivity index (χ3v) is 6.08. The number of hydrogen-bond donors (Lipinski definition) is 0. The van der Waals surface area contributed by atoms with E-state index in [-0.39, 0.29) is 5.69 Å². The van der Waals surface area contributed by atoms with Crippen molar-refractivity contribution >= 4 is 28.4 Å². The molecule has 0 bridgehead atoms. The summed E-state index contributed by atoms with van der Waals surface area (Å²) in [4.78, 5) is 20.8. The van der Waals surface area contributed by atoms with E-state index in [4.69, 9.17) is 19.2 Å². The summed E-state index contributed by atoms with van der Waals surface area (Å²) in [5.41, 5.74) is 3.20. The van der Waals surface area contributed by atoms with Gasteiger partial charge in [0.1, 0.15) is 5.75 Å². The summed E-state index contributed by atoms with van der Waals surface area (Å²) in [6.07, 6.45) is 1.68. The third-order valence-electron chi connectivity index (χ3n) is 5.07. The Hall–Kier alpha value is -4.24. The van der Waals surface area contributed by atoms with E-state index < -0.39 is 4.92 Å². The van der Waals surface area contributed by atoms with Crippen LogP contribution in [0.3, 0.4) is 0 Å². The van der Waals surface area contributed by atoms with E-state index >= 15 is 0 Å². The van der Waals surface area contributed by atoms with E-state index in [0.29, 0.717) is 16.6 Å². The van der Waals surface area contributed by atoms with Crippen molar-refractivity contribution in [3.05, 3.63) is 82.4 Å². The number of hydrogen-bond acceptors (Lipinski definition) is 8. The third kappa shape index (κ3) is 4.74. The zero-order valence-electron chi connectivity index (χ0n) is 18.7. The maximum absolute atomic E-state index is 11.1. The molecule has 0 amide bonds. The molecule has 0 N–H and O–H groups in total. The van der Waals surface area contributed by atoms with Crippen molar-refractivity contribution in [2.45, 2.75) is 0 Å². The van der Waals surface area contributed by atoms with Crippen LogP contribution >= 0.6 is 11.3 Å². The van der Waals surface area contributed by atoms with E-state index in [1.807, 2.05) is 42.5 Å². The molecule has 0 spiro atoms. The topological polar surface area (TPSA) is 96.1 Å². The van der Waals surface area contributed by atoms with Crippen LogP contribution in [0.5, 0.6) is 17.2 Å². The van der Waals surface area contributed by atoms with Crippen molar-refractivity contribution in [2.24, 2.45) is 4.99 Å². The predicted octanol–water partition coefficient (Wildman–Crippen LogP) is 6.16. The van der Waals surface area contributed by atoms with Crippen LogP contribution in [0.15, 0.2) is 71.7 Å². The minimum absolute atomic E-state index is 0.0302. The van der Waals surface area contributed by atoms with Crippen LogP contribution in [-0.4, -0.2) is 37.5 Å². The van der Waals surface area contributed by atoms with E-state index in [9.17, 15) is 10.1 Å². The largest absolute Gasteiger partial charge is 0.497 e. The minimum Gasteiger partial charge on any atom is -0.497 e. The second kappa shape index (κ2) is 10.1. The molecule has 0 saturated carbocycles. The Morgan fingerprint density at radius 3 is 2.24 bits per heavy atom. The second-order valence-corrected chi connectivity index (χ2v) is 8.03. The van der Waals surface area contributed by atoms with Gasteiger partial charge in [0.2, 0.25) is 5.13 Å². The van der Waals surface area contributed by atoms with E-state index in [2.05, 4.69) is 4.99 Å². The van der Waals surface area contributed by atoms with Crippen molar-refractivity contribution in [1.82, 2.24) is 4.98 Å². The lowest BCUT2D eigenvalue weighted by molar-refractivity contribution is -0.384. The van der Waals surface area contributed by atoms with Gasteiger partial charge in [0.15, 0.2) is 11.5 Å². The fourth-order valence-corrected chi connectivity index (χ4v) is 4.32. The molecule has 0 atom stereocenters. The Bertz CT molecular complexity index is 1330. The van der Waals surface area contributed by atoms with Crippen molar-refractivity contribution < 1.29 is 19.1 Å². The molecule has 172 valence electrons. The zero-order valence-corrected chi connectivity index (χ0v) is 19.5. The number of ether oxygens (including phenoxy) is 3. The molecule has 4 rings (SSSR count). The molecule has 4 aromatic rings. The molecular formula is C25H21N3O5S. The molecular weight excluding hydrogens is 454 g/mol. The zero-order chi connectivity index (χ0) is 24.1. The summed E-state index contributed by atoms with van der Waals surface area (Å²) in [7, 11) is 4.77. The minimum atomic E-state index is -0.419. The van der Waals surface area contributed by atoms with Crippen LogP contribution in [0.25, 0.3) is 21.7 Å². The van der Waals surface area contributed by atoms with Crippen LogP contribution in [0.2, 0.25) is 0 Å². The molecule has 8 nitrogen and oxygen atoms in total. The lowest BCUT2D eigenvalue weighted by Crippen LogP contribution is -1.94. The number of non-ortho nitro benzene ring substituents is 1. The SMILES string of the molecule is COc1ccc(-c2nc(N=Cc3cccc(OC)c3OC)sc2-c2ccc([N+](=O)[O-])cc2)cc1. The number of nitro benzene ring substituents is 1. The number of aromatic nitrogens is 1. The Morgan fingerprint density at radius 2 is 1.62 bits per heavy atom. The summed E-state index contributed by atoms with van der Waals surface area (Å²) in [5.74, 6) is 1.92. The Morgan fingerprint density at radius 1 is 0.912 bits per heavy atom. The van der Waals surface area contributed by atoms with Gasteiger partial charge in [-0.15, -0.1) is 0 Å². The molecule has 0 saturated heterocycles. The Balaban J connectivity index is 1.77. The van der Waals surface area contributed by atoms with Crippen LogP contribution in [0.4, 0.5) is 10.8 Å². The second-order valence-electron chi connectivity index (χ2n) is 7.05. The summed E-state index contributed by atoms with van der Waals surface area (Å²) >= 11 is 1.39. The predicted molar refractivity (Wildman–Crippen MR) is 133 cm³/mol. The number of nitrogens with zero attached hydrogens (tertiary/aromatic N) is 3. The number of thiazole rings is 1. The molecule has 0 aliphatic heterocycles. The molecule has 9 heteroatoms. The maximum atomic E-state index is 11.1. The van der Waals surface area contributed by atoms with Crippen molar-refractivity contribution in [3.63, 3.8) is 0 Å². The number of rotatable bonds is 8. The van der Waals surface area contributed by atoms with Gasteiger partial charge in [0.05, 0.1) is 36.8 Å². The summed E-state index contributed by atoms with van der Waals surface area (Å²) < 4.78 is 16.1. The van der Waals surface area contributed by atoms with E-state index in [0.717, 1.165) is 33.0 Å². The average Bonchev–Trinajstić information content (AvgIpc) is 3.31. The van der Waals surface area contributed by atoms with Crippen molar-refractivity contribution in [3.8, 4) is 38.9 Å². The van der Waals surface area contributed by atoms with Gasteiger partial charge in [0.25, 0.3) is 5.69 Å². The quantitative estimate of drug-likeness (QED) is 0.172. The normalized spacial score (nSPS) is 10.9. The number of nitro groups is 1. The van der Waals surface area contributed by atoms with Crippen LogP contribution in [0.1, 0.15) is 5.56 Å². The first-order valence-electron chi connectivity index (χ1n) is 10.2. The summed E-state index contributed by atoms with van der Waals surface area (Å²) in [6, 6.07) is 19.5. The first kappa shape index (κ1) is 22.9. The lowest BCUT2D eigenvalue weighted by Gasteiger charge is -2.09. The Labute approximate surface area is 200 Å². The number of methoxy groups -OCH3 is 3. The van der Waals surface area contributed by atoms with Gasteiger partial charge in [-0.1, -0.05) is 17.4 Å². The fourth-order valence-electron chi connectivity index (χ4n) is 3.38. The molecule has 3 aromatic carbocycles. The molecule has 1 aromatic heterocycles. The monoisotopic (exact) mass is 475 g/mol. The molecule has 0 aliphatic carbocycles. The van der Waals surface area contributed by atoms with E-state index in [1.54, 1.807) is 39.7 Å². The fraction of sp³-hybridized carbons (Fsp3) is 0.120. The smallest absolute Gasteiger partial charge is 0.269 e. The molecule has 0 unspecified atom stereocenters. The summed E-state index contributed by atoms with van der Waals surface area (Å²) in [5, 5.41) is 11.6. The van der Waals surface area contributed by atoms with E-state index in [1.165, 1.54) is 23.5 Å². The van der Waals surface area contributed by atoms with Gasteiger partial charge >= 0.3 is 0 Å². The standard InChI is InChI=1S/C25H21N3O5S/c1-31-20-13-9-16(10-14-20)22-24(17-7-11-19(12-8-17)28(29)30)34-25(27-22)26-15-18-5-4-6-21(32-2)23(18)33-3/h4-15H,1-3H3. The van der Waals surface area contributed by atoms with Gasteiger partial charge in [-0.3, -0.25) is 10.1 Å². The summed E-state index contributed by atoms with van der Waals surface area (Å²) in [6.45, 7) is 0. The van der Waals surface area contributed by atoms with Gasteiger partial charge in [-0.2, -0.15) is 0 Å². The van der Waals surface area contributed by atoms with Gasteiger partial charge < -0.3 is 14.2 Å². The highest BCUT2D eigenvalue weighted by atomic mass is 32.1. The van der Waals surface area contributed by atoms with Crippen molar-refractivity contribution in [1.29, 1.82) is 0 Å².